The van der Waals surface area contributed by atoms with Crippen molar-refractivity contribution in [2.45, 2.75) is 18.2 Å². The molecule has 1 aromatic carbocycles. The van der Waals surface area contributed by atoms with E-state index in [2.05, 4.69) is 10.1 Å². The second-order valence-electron chi connectivity index (χ2n) is 3.76. The van der Waals surface area contributed by atoms with Crippen LogP contribution in [0.5, 0.6) is 5.75 Å². The summed E-state index contributed by atoms with van der Waals surface area (Å²) in [5.41, 5.74) is 1.96. The maximum absolute atomic E-state index is 12.1. The Kier molecular flexibility index (Phi) is 3.53. The summed E-state index contributed by atoms with van der Waals surface area (Å²) in [6.45, 7) is 0. The average Bonchev–Trinajstić information content (AvgIpc) is 2.26. The molecule has 17 heavy (non-hydrogen) atoms. The predicted octanol–water partition coefficient (Wildman–Crippen LogP) is 3.09. The molecule has 0 amide bonds. The predicted molar refractivity (Wildman–Crippen MR) is 61.1 cm³/mol. The van der Waals surface area contributed by atoms with Gasteiger partial charge in [-0.15, -0.1) is 13.2 Å². The van der Waals surface area contributed by atoms with Crippen molar-refractivity contribution < 1.29 is 17.9 Å². The zero-order valence-corrected chi connectivity index (χ0v) is 9.99. The Bertz CT molecular complexity index is 408. The van der Waals surface area contributed by atoms with E-state index in [0.717, 1.165) is 22.6 Å². The smallest absolute Gasteiger partial charge is 0.406 e. The van der Waals surface area contributed by atoms with E-state index in [0.29, 0.717) is 0 Å². The van der Waals surface area contributed by atoms with E-state index in [1.165, 1.54) is 12.1 Å². The highest BCUT2D eigenvalue weighted by molar-refractivity contribution is 7.98. The van der Waals surface area contributed by atoms with Crippen molar-refractivity contribution in [1.82, 2.24) is 5.32 Å². The van der Waals surface area contributed by atoms with Crippen LogP contribution in [-0.4, -0.2) is 19.2 Å². The zero-order valence-electron chi connectivity index (χ0n) is 9.17. The summed E-state index contributed by atoms with van der Waals surface area (Å²) in [5.74, 6) is 1.54. The molecule has 0 bridgehead atoms. The summed E-state index contributed by atoms with van der Waals surface area (Å²) in [6.07, 6.45) is -4.63. The molecule has 1 aromatic rings. The third-order valence-corrected chi connectivity index (χ3v) is 3.70. The zero-order chi connectivity index (χ0) is 12.5. The molecule has 0 spiro atoms. The number of benzene rings is 1. The van der Waals surface area contributed by atoms with Crippen LogP contribution < -0.4 is 10.1 Å². The van der Waals surface area contributed by atoms with Crippen LogP contribution in [0, 0.1) is 0 Å². The summed E-state index contributed by atoms with van der Waals surface area (Å²) in [7, 11) is 1.80. The van der Waals surface area contributed by atoms with Gasteiger partial charge in [0.1, 0.15) is 5.75 Å². The minimum absolute atomic E-state index is 0.0838. The fourth-order valence-corrected chi connectivity index (χ4v) is 3.02. The highest BCUT2D eigenvalue weighted by Gasteiger charge is 2.31. The summed E-state index contributed by atoms with van der Waals surface area (Å²) in [6, 6.07) is 4.63. The lowest BCUT2D eigenvalue weighted by Crippen LogP contribution is -2.23. The van der Waals surface area contributed by atoms with E-state index in [1.54, 1.807) is 24.9 Å². The first-order valence-electron chi connectivity index (χ1n) is 5.13. The molecule has 0 fully saturated rings. The van der Waals surface area contributed by atoms with Crippen molar-refractivity contribution in [2.24, 2.45) is 0 Å². The molecule has 2 rings (SSSR count). The molecule has 1 heterocycles. The molecular formula is C11H12F3NOS. The fourth-order valence-electron chi connectivity index (χ4n) is 1.84. The molecule has 94 valence electrons. The first-order valence-corrected chi connectivity index (χ1v) is 6.28. The van der Waals surface area contributed by atoms with Gasteiger partial charge in [-0.1, -0.05) is 6.07 Å². The number of alkyl halides is 3. The number of nitrogens with one attached hydrogen (secondary N) is 1. The summed E-state index contributed by atoms with van der Waals surface area (Å²) < 4.78 is 40.3. The van der Waals surface area contributed by atoms with Crippen molar-refractivity contribution in [3.8, 4) is 5.75 Å². The number of fused-ring (bicyclic) bond motifs is 1. The van der Waals surface area contributed by atoms with Gasteiger partial charge in [-0.25, -0.2) is 0 Å². The van der Waals surface area contributed by atoms with Crippen molar-refractivity contribution >= 4 is 11.8 Å². The van der Waals surface area contributed by atoms with Crippen LogP contribution in [-0.2, 0) is 5.75 Å². The van der Waals surface area contributed by atoms with E-state index >= 15 is 0 Å². The van der Waals surface area contributed by atoms with Gasteiger partial charge in [-0.3, -0.25) is 0 Å². The molecule has 1 N–H and O–H groups in total. The first kappa shape index (κ1) is 12.6. The van der Waals surface area contributed by atoms with Crippen LogP contribution in [0.2, 0.25) is 0 Å². The van der Waals surface area contributed by atoms with Gasteiger partial charge < -0.3 is 10.1 Å². The van der Waals surface area contributed by atoms with Gasteiger partial charge in [0.2, 0.25) is 0 Å². The molecule has 6 heteroatoms. The van der Waals surface area contributed by atoms with Gasteiger partial charge in [0.05, 0.1) is 0 Å². The van der Waals surface area contributed by atoms with Gasteiger partial charge in [-0.05, 0) is 30.3 Å². The van der Waals surface area contributed by atoms with Gasteiger partial charge >= 0.3 is 6.36 Å². The number of ether oxygens (including phenoxy) is 1. The molecule has 2 nitrogen and oxygen atoms in total. The van der Waals surface area contributed by atoms with Crippen molar-refractivity contribution in [2.75, 3.05) is 12.8 Å². The van der Waals surface area contributed by atoms with Gasteiger partial charge in [0, 0.05) is 17.5 Å². The molecule has 1 aliphatic rings. The number of rotatable bonds is 2. The Morgan fingerprint density at radius 1 is 1.41 bits per heavy atom. The van der Waals surface area contributed by atoms with Crippen LogP contribution in [0.25, 0.3) is 0 Å². The third kappa shape index (κ3) is 3.07. The molecule has 0 saturated heterocycles. The maximum Gasteiger partial charge on any atom is 0.573 e. The van der Waals surface area contributed by atoms with E-state index in [-0.39, 0.29) is 11.8 Å². The fraction of sp³-hybridized carbons (Fsp3) is 0.455. The lowest BCUT2D eigenvalue weighted by molar-refractivity contribution is -0.274. The second-order valence-corrected chi connectivity index (χ2v) is 4.80. The molecule has 1 aliphatic heterocycles. The molecule has 1 atom stereocenters. The third-order valence-electron chi connectivity index (χ3n) is 2.62. The molecule has 0 aromatic heterocycles. The molecule has 0 aliphatic carbocycles. The number of hydrogen-bond acceptors (Lipinski definition) is 3. The van der Waals surface area contributed by atoms with E-state index in [1.807, 2.05) is 0 Å². The minimum Gasteiger partial charge on any atom is -0.406 e. The standard InChI is InChI=1S/C11H12F3NOS/c1-15-10-6-17-5-7-2-3-8(4-9(7)10)16-11(12,13)14/h2-4,10,15H,5-6H2,1H3. The largest absolute Gasteiger partial charge is 0.573 e. The first-order chi connectivity index (χ1) is 7.99. The topological polar surface area (TPSA) is 21.3 Å². The molecule has 0 radical (unpaired) electrons. The van der Waals surface area contributed by atoms with Crippen LogP contribution in [0.15, 0.2) is 18.2 Å². The quantitative estimate of drug-likeness (QED) is 0.886. The molecular weight excluding hydrogens is 251 g/mol. The van der Waals surface area contributed by atoms with Crippen molar-refractivity contribution in [1.29, 1.82) is 0 Å². The average molecular weight is 263 g/mol. The Morgan fingerprint density at radius 3 is 2.82 bits per heavy atom. The van der Waals surface area contributed by atoms with E-state index in [4.69, 9.17) is 0 Å². The Morgan fingerprint density at radius 2 is 2.18 bits per heavy atom. The highest BCUT2D eigenvalue weighted by atomic mass is 32.2. The van der Waals surface area contributed by atoms with E-state index < -0.39 is 6.36 Å². The van der Waals surface area contributed by atoms with Crippen molar-refractivity contribution in [3.63, 3.8) is 0 Å². The van der Waals surface area contributed by atoms with Gasteiger partial charge in [-0.2, -0.15) is 11.8 Å². The lowest BCUT2D eigenvalue weighted by Gasteiger charge is -2.25. The van der Waals surface area contributed by atoms with Crippen molar-refractivity contribution in [3.05, 3.63) is 29.3 Å². The Labute approximate surface area is 102 Å². The summed E-state index contributed by atoms with van der Waals surface area (Å²) >= 11 is 1.76. The van der Waals surface area contributed by atoms with Crippen LogP contribution in [0.1, 0.15) is 17.2 Å². The lowest BCUT2D eigenvalue weighted by atomic mass is 10.0. The number of halogens is 3. The molecule has 0 saturated carbocycles. The SMILES string of the molecule is CNC1CSCc2ccc(OC(F)(F)F)cc21. The number of hydrogen-bond donors (Lipinski definition) is 1. The van der Waals surface area contributed by atoms with Gasteiger partial charge in [0.25, 0.3) is 0 Å². The Hall–Kier alpha value is -0.880. The normalized spacial score (nSPS) is 19.9. The summed E-state index contributed by atoms with van der Waals surface area (Å²) in [4.78, 5) is 0. The number of thioether (sulfide) groups is 1. The van der Waals surface area contributed by atoms with Crippen LogP contribution in [0.4, 0.5) is 13.2 Å². The minimum atomic E-state index is -4.63. The van der Waals surface area contributed by atoms with Crippen LogP contribution >= 0.6 is 11.8 Å². The molecule has 1 unspecified atom stereocenters. The maximum atomic E-state index is 12.1. The highest BCUT2D eigenvalue weighted by Crippen LogP contribution is 2.35. The Balaban J connectivity index is 2.28. The monoisotopic (exact) mass is 263 g/mol. The second kappa shape index (κ2) is 4.78. The van der Waals surface area contributed by atoms with Crippen LogP contribution in [0.3, 0.4) is 0 Å². The summed E-state index contributed by atoms with van der Waals surface area (Å²) in [5, 5.41) is 3.09. The van der Waals surface area contributed by atoms with E-state index in [9.17, 15) is 13.2 Å². The van der Waals surface area contributed by atoms with Gasteiger partial charge in [0.15, 0.2) is 0 Å².